The molecule has 0 aromatic carbocycles. The Morgan fingerprint density at radius 1 is 1.40 bits per heavy atom. The molecule has 0 aliphatic heterocycles. The zero-order valence-electron chi connectivity index (χ0n) is 11.4. The summed E-state index contributed by atoms with van der Waals surface area (Å²) < 4.78 is 0. The Hall–Kier alpha value is -1.53. The van der Waals surface area contributed by atoms with Gasteiger partial charge in [0.15, 0.2) is 5.13 Å². The van der Waals surface area contributed by atoms with Crippen LogP contribution in [-0.2, 0) is 16.0 Å². The molecule has 6 heteroatoms. The molecule has 0 bridgehead atoms. The number of Topliss-reactive ketones (excluding diaryl/α,β-unsaturated/α-hetero) is 1. The second-order valence-electron chi connectivity index (χ2n) is 4.45. The van der Waals surface area contributed by atoms with E-state index in [4.69, 9.17) is 0 Å². The lowest BCUT2D eigenvalue weighted by Gasteiger charge is -1.97. The highest BCUT2D eigenvalue weighted by molar-refractivity contribution is 7.17. The van der Waals surface area contributed by atoms with Crippen molar-refractivity contribution in [3.8, 4) is 10.6 Å². The van der Waals surface area contributed by atoms with Crippen LogP contribution in [0.1, 0.15) is 31.6 Å². The highest BCUT2D eigenvalue weighted by Gasteiger charge is 2.16. The number of carbonyl (C=O) groups excluding carboxylic acids is 2. The average Bonchev–Trinajstić information content (AvgIpc) is 2.98. The molecule has 0 saturated carbocycles. The molecule has 106 valence electrons. The summed E-state index contributed by atoms with van der Waals surface area (Å²) in [6, 6.07) is 3.92. The zero-order chi connectivity index (χ0) is 14.5. The molecule has 0 aliphatic rings. The van der Waals surface area contributed by atoms with Crippen molar-refractivity contribution in [2.45, 2.75) is 33.1 Å². The van der Waals surface area contributed by atoms with Gasteiger partial charge >= 0.3 is 0 Å². The van der Waals surface area contributed by atoms with Crippen molar-refractivity contribution < 1.29 is 9.59 Å². The first kappa shape index (κ1) is 14.9. The van der Waals surface area contributed by atoms with E-state index in [1.165, 1.54) is 11.3 Å². The van der Waals surface area contributed by atoms with Crippen LogP contribution < -0.4 is 5.32 Å². The molecule has 0 unspecified atom stereocenters. The van der Waals surface area contributed by atoms with Gasteiger partial charge in [0.1, 0.15) is 5.78 Å². The van der Waals surface area contributed by atoms with Gasteiger partial charge in [-0.25, -0.2) is 4.98 Å². The molecule has 0 spiro atoms. The van der Waals surface area contributed by atoms with Crippen LogP contribution >= 0.6 is 22.7 Å². The summed E-state index contributed by atoms with van der Waals surface area (Å²) in [5.74, 6) is 0.0613. The highest BCUT2D eigenvalue weighted by Crippen LogP contribution is 2.34. The topological polar surface area (TPSA) is 59.1 Å². The first-order chi connectivity index (χ1) is 9.60. The van der Waals surface area contributed by atoms with Crippen molar-refractivity contribution in [3.05, 3.63) is 22.4 Å². The maximum absolute atomic E-state index is 11.6. The Labute approximate surface area is 125 Å². The van der Waals surface area contributed by atoms with Gasteiger partial charge in [-0.15, -0.1) is 22.7 Å². The van der Waals surface area contributed by atoms with Crippen LogP contribution in [0.2, 0.25) is 0 Å². The van der Waals surface area contributed by atoms with Gasteiger partial charge in [0.25, 0.3) is 0 Å². The molecule has 0 saturated heterocycles. The molecule has 2 aromatic rings. The predicted molar refractivity (Wildman–Crippen MR) is 83.3 cm³/mol. The van der Waals surface area contributed by atoms with E-state index < -0.39 is 0 Å². The van der Waals surface area contributed by atoms with Crippen LogP contribution in [0, 0.1) is 0 Å². The normalized spacial score (nSPS) is 10.5. The van der Waals surface area contributed by atoms with Crippen molar-refractivity contribution in [1.29, 1.82) is 0 Å². The first-order valence-corrected chi connectivity index (χ1v) is 8.12. The molecular weight excluding hydrogens is 292 g/mol. The Morgan fingerprint density at radius 2 is 2.20 bits per heavy atom. The summed E-state index contributed by atoms with van der Waals surface area (Å²) in [4.78, 5) is 29.4. The Bertz CT molecular complexity index is 603. The summed E-state index contributed by atoms with van der Waals surface area (Å²) in [6.07, 6.45) is 1.64. The molecule has 4 nitrogen and oxygen atoms in total. The van der Waals surface area contributed by atoms with Crippen LogP contribution in [0.5, 0.6) is 0 Å². The summed E-state index contributed by atoms with van der Waals surface area (Å²) in [6.45, 7) is 3.52. The van der Waals surface area contributed by atoms with Gasteiger partial charge in [0.05, 0.1) is 10.6 Å². The number of amides is 1. The molecule has 2 aromatic heterocycles. The van der Waals surface area contributed by atoms with Crippen molar-refractivity contribution in [3.63, 3.8) is 0 Å². The molecule has 1 N–H and O–H groups in total. The minimum absolute atomic E-state index is 0.0339. The second-order valence-corrected chi connectivity index (χ2v) is 6.48. The van der Waals surface area contributed by atoms with E-state index >= 15 is 0 Å². The monoisotopic (exact) mass is 308 g/mol. The van der Waals surface area contributed by atoms with E-state index in [9.17, 15) is 9.59 Å². The van der Waals surface area contributed by atoms with Crippen molar-refractivity contribution in [1.82, 2.24) is 4.98 Å². The van der Waals surface area contributed by atoms with E-state index in [0.29, 0.717) is 18.0 Å². The van der Waals surface area contributed by atoms with Gasteiger partial charge in [0.2, 0.25) is 5.91 Å². The number of thiazole rings is 1. The van der Waals surface area contributed by atoms with Crippen LogP contribution in [0.15, 0.2) is 17.5 Å². The quantitative estimate of drug-likeness (QED) is 0.884. The summed E-state index contributed by atoms with van der Waals surface area (Å²) in [7, 11) is 0. The van der Waals surface area contributed by atoms with Crippen LogP contribution in [-0.4, -0.2) is 16.7 Å². The average molecular weight is 308 g/mol. The van der Waals surface area contributed by atoms with Crippen LogP contribution in [0.25, 0.3) is 10.6 Å². The maximum Gasteiger partial charge on any atom is 0.226 e. The smallest absolute Gasteiger partial charge is 0.226 e. The molecule has 0 fully saturated rings. The third kappa shape index (κ3) is 3.74. The van der Waals surface area contributed by atoms with E-state index in [2.05, 4.69) is 10.3 Å². The third-order valence-electron chi connectivity index (χ3n) is 2.58. The lowest BCUT2D eigenvalue weighted by molar-refractivity contribution is -0.117. The largest absolute Gasteiger partial charge is 0.302 e. The van der Waals surface area contributed by atoms with Crippen LogP contribution in [0.3, 0.4) is 0 Å². The molecule has 20 heavy (non-hydrogen) atoms. The van der Waals surface area contributed by atoms with Gasteiger partial charge in [-0.3, -0.25) is 9.59 Å². The molecule has 2 heterocycles. The maximum atomic E-state index is 11.6. The highest BCUT2D eigenvalue weighted by atomic mass is 32.1. The first-order valence-electron chi connectivity index (χ1n) is 6.43. The SMILES string of the molecule is CCCC(=O)Nc1nc(-c2cccs2)c(CC(C)=O)s1. The predicted octanol–water partition coefficient (Wildman–Crippen LogP) is 3.74. The van der Waals surface area contributed by atoms with Gasteiger partial charge in [-0.2, -0.15) is 0 Å². The molecular formula is C14H16N2O2S2. The molecule has 2 rings (SSSR count). The van der Waals surface area contributed by atoms with E-state index in [-0.39, 0.29) is 11.7 Å². The minimum atomic E-state index is -0.0339. The fourth-order valence-corrected chi connectivity index (χ4v) is 3.63. The number of carbonyl (C=O) groups is 2. The lowest BCUT2D eigenvalue weighted by Crippen LogP contribution is -2.10. The number of nitrogens with zero attached hydrogens (tertiary/aromatic N) is 1. The number of hydrogen-bond acceptors (Lipinski definition) is 5. The van der Waals surface area contributed by atoms with Gasteiger partial charge in [-0.1, -0.05) is 13.0 Å². The van der Waals surface area contributed by atoms with Crippen LogP contribution in [0.4, 0.5) is 5.13 Å². The van der Waals surface area contributed by atoms with Crippen molar-refractivity contribution in [2.24, 2.45) is 0 Å². The van der Waals surface area contributed by atoms with Gasteiger partial charge in [-0.05, 0) is 24.8 Å². The summed E-state index contributed by atoms with van der Waals surface area (Å²) in [5.41, 5.74) is 0.812. The fraction of sp³-hybridized carbons (Fsp3) is 0.357. The molecule has 1 amide bonds. The third-order valence-corrected chi connectivity index (χ3v) is 4.43. The van der Waals surface area contributed by atoms with Crippen molar-refractivity contribution >= 4 is 39.5 Å². The van der Waals surface area contributed by atoms with E-state index in [0.717, 1.165) is 21.9 Å². The Kier molecular flexibility index (Phi) is 5.03. The van der Waals surface area contributed by atoms with Gasteiger partial charge < -0.3 is 5.32 Å². The molecule has 0 atom stereocenters. The van der Waals surface area contributed by atoms with E-state index in [1.54, 1.807) is 18.3 Å². The minimum Gasteiger partial charge on any atom is -0.302 e. The van der Waals surface area contributed by atoms with E-state index in [1.807, 2.05) is 24.4 Å². The zero-order valence-corrected chi connectivity index (χ0v) is 13.1. The number of nitrogens with one attached hydrogen (secondary N) is 1. The fourth-order valence-electron chi connectivity index (χ4n) is 1.77. The number of hydrogen-bond donors (Lipinski definition) is 1. The van der Waals surface area contributed by atoms with Gasteiger partial charge in [0, 0.05) is 17.7 Å². The lowest BCUT2D eigenvalue weighted by atomic mass is 10.2. The standard InChI is InChI=1S/C14H16N2O2S2/c1-3-5-12(18)15-14-16-13(10-6-4-7-19-10)11(20-14)8-9(2)17/h4,6-7H,3,5,8H2,1-2H3,(H,15,16,18). The Balaban J connectivity index is 2.27. The number of rotatable bonds is 6. The van der Waals surface area contributed by atoms with Crippen molar-refractivity contribution in [2.75, 3.05) is 5.32 Å². The molecule has 0 radical (unpaired) electrons. The number of aromatic nitrogens is 1. The Morgan fingerprint density at radius 3 is 2.80 bits per heavy atom. The number of anilines is 1. The second kappa shape index (κ2) is 6.76. The summed E-state index contributed by atoms with van der Waals surface area (Å²) in [5, 5.41) is 5.35. The summed E-state index contributed by atoms with van der Waals surface area (Å²) >= 11 is 2.96. The molecule has 0 aliphatic carbocycles. The number of thiophene rings is 1. The number of ketones is 1.